The van der Waals surface area contributed by atoms with Crippen LogP contribution in [0.25, 0.3) is 0 Å². The highest BCUT2D eigenvalue weighted by molar-refractivity contribution is 5.39. The Morgan fingerprint density at radius 1 is 1.29 bits per heavy atom. The van der Waals surface area contributed by atoms with Gasteiger partial charge in [-0.05, 0) is 24.7 Å². The molecule has 1 heterocycles. The molecular weight excluding hydrogens is 266 g/mol. The third-order valence-corrected chi connectivity index (χ3v) is 2.99. The average Bonchev–Trinajstić information content (AvgIpc) is 2.51. The first kappa shape index (κ1) is 14.8. The zero-order valence-corrected chi connectivity index (χ0v) is 11.8. The predicted molar refractivity (Wildman–Crippen MR) is 81.2 cm³/mol. The molecular formula is C15H17N5O. The highest BCUT2D eigenvalue weighted by Crippen LogP contribution is 2.05. The summed E-state index contributed by atoms with van der Waals surface area (Å²) in [5.74, 6) is 0. The van der Waals surface area contributed by atoms with Crippen LogP contribution >= 0.6 is 0 Å². The Labute approximate surface area is 123 Å². The number of nitriles is 1. The van der Waals surface area contributed by atoms with E-state index in [1.54, 1.807) is 18.3 Å². The molecule has 1 aromatic carbocycles. The van der Waals surface area contributed by atoms with Crippen LogP contribution < -0.4 is 16.2 Å². The van der Waals surface area contributed by atoms with Gasteiger partial charge in [0, 0.05) is 19.2 Å². The van der Waals surface area contributed by atoms with E-state index in [0.29, 0.717) is 17.8 Å². The van der Waals surface area contributed by atoms with Gasteiger partial charge < -0.3 is 10.6 Å². The van der Waals surface area contributed by atoms with Crippen molar-refractivity contribution in [1.82, 2.24) is 15.1 Å². The summed E-state index contributed by atoms with van der Waals surface area (Å²) in [6.45, 7) is 1.94. The molecule has 0 unspecified atom stereocenters. The molecule has 2 aromatic rings. The van der Waals surface area contributed by atoms with Crippen molar-refractivity contribution in [3.05, 3.63) is 58.0 Å². The number of benzene rings is 1. The van der Waals surface area contributed by atoms with Crippen molar-refractivity contribution in [2.45, 2.75) is 6.54 Å². The maximum absolute atomic E-state index is 12.0. The number of likely N-dealkylation sites (N-methyl/N-ethyl adjacent to an activating group) is 1. The Morgan fingerprint density at radius 2 is 2.05 bits per heavy atom. The maximum atomic E-state index is 12.0. The van der Waals surface area contributed by atoms with Crippen LogP contribution in [0, 0.1) is 11.3 Å². The second-order valence-electron chi connectivity index (χ2n) is 4.58. The van der Waals surface area contributed by atoms with Crippen LogP contribution in [-0.2, 0) is 6.54 Å². The topological polar surface area (TPSA) is 82.7 Å². The van der Waals surface area contributed by atoms with Crippen molar-refractivity contribution in [2.75, 3.05) is 25.5 Å². The minimum atomic E-state index is -0.159. The Bertz CT molecular complexity index is 684. The molecule has 0 fully saturated rings. The van der Waals surface area contributed by atoms with E-state index in [0.717, 1.165) is 18.7 Å². The second kappa shape index (κ2) is 7.22. The van der Waals surface area contributed by atoms with Crippen LogP contribution in [0.2, 0.25) is 0 Å². The molecule has 0 saturated heterocycles. The SMILES string of the molecule is CNCCNc1cnn(Cc2ccc(C#N)cc2)c(=O)c1. The number of nitrogens with zero attached hydrogens (tertiary/aromatic N) is 3. The smallest absolute Gasteiger partial charge is 0.269 e. The molecule has 0 atom stereocenters. The van der Waals surface area contributed by atoms with Crippen LogP contribution in [0.3, 0.4) is 0 Å². The van der Waals surface area contributed by atoms with E-state index < -0.39 is 0 Å². The molecule has 2 rings (SSSR count). The summed E-state index contributed by atoms with van der Waals surface area (Å²) in [6, 6.07) is 10.7. The molecule has 0 aliphatic rings. The zero-order chi connectivity index (χ0) is 15.1. The third kappa shape index (κ3) is 4.16. The van der Waals surface area contributed by atoms with Gasteiger partial charge >= 0.3 is 0 Å². The van der Waals surface area contributed by atoms with Gasteiger partial charge in [-0.1, -0.05) is 12.1 Å². The summed E-state index contributed by atoms with van der Waals surface area (Å²) in [5.41, 5.74) is 2.09. The highest BCUT2D eigenvalue weighted by atomic mass is 16.1. The van der Waals surface area contributed by atoms with Crippen LogP contribution in [0.5, 0.6) is 0 Å². The van der Waals surface area contributed by atoms with Crippen LogP contribution in [-0.4, -0.2) is 29.9 Å². The van der Waals surface area contributed by atoms with E-state index >= 15 is 0 Å². The van der Waals surface area contributed by atoms with Crippen molar-refractivity contribution in [3.8, 4) is 6.07 Å². The van der Waals surface area contributed by atoms with E-state index in [1.165, 1.54) is 10.7 Å². The molecule has 6 nitrogen and oxygen atoms in total. The molecule has 0 aliphatic heterocycles. The molecule has 21 heavy (non-hydrogen) atoms. The predicted octanol–water partition coefficient (Wildman–Crippen LogP) is 0.795. The lowest BCUT2D eigenvalue weighted by Gasteiger charge is -2.08. The van der Waals surface area contributed by atoms with E-state index in [4.69, 9.17) is 5.26 Å². The van der Waals surface area contributed by atoms with Crippen molar-refractivity contribution in [1.29, 1.82) is 5.26 Å². The number of hydrogen-bond acceptors (Lipinski definition) is 5. The highest BCUT2D eigenvalue weighted by Gasteiger charge is 2.01. The molecule has 108 valence electrons. The zero-order valence-electron chi connectivity index (χ0n) is 11.8. The van der Waals surface area contributed by atoms with Gasteiger partial charge in [-0.15, -0.1) is 0 Å². The molecule has 0 saturated carbocycles. The van der Waals surface area contributed by atoms with Gasteiger partial charge in [0.1, 0.15) is 0 Å². The fraction of sp³-hybridized carbons (Fsp3) is 0.267. The van der Waals surface area contributed by atoms with Gasteiger partial charge in [0.15, 0.2) is 0 Å². The summed E-state index contributed by atoms with van der Waals surface area (Å²) in [4.78, 5) is 12.0. The van der Waals surface area contributed by atoms with Crippen molar-refractivity contribution >= 4 is 5.69 Å². The maximum Gasteiger partial charge on any atom is 0.269 e. The molecule has 0 amide bonds. The summed E-state index contributed by atoms with van der Waals surface area (Å²) >= 11 is 0. The Kier molecular flexibility index (Phi) is 5.07. The number of aromatic nitrogens is 2. The summed E-state index contributed by atoms with van der Waals surface area (Å²) in [7, 11) is 1.87. The van der Waals surface area contributed by atoms with E-state index in [9.17, 15) is 4.79 Å². The molecule has 6 heteroatoms. The fourth-order valence-electron chi connectivity index (χ4n) is 1.84. The Morgan fingerprint density at radius 3 is 2.67 bits per heavy atom. The van der Waals surface area contributed by atoms with Crippen LogP contribution in [0.4, 0.5) is 5.69 Å². The van der Waals surface area contributed by atoms with Crippen molar-refractivity contribution < 1.29 is 0 Å². The monoisotopic (exact) mass is 283 g/mol. The number of rotatable bonds is 6. The van der Waals surface area contributed by atoms with Crippen molar-refractivity contribution in [2.24, 2.45) is 0 Å². The number of nitrogens with one attached hydrogen (secondary N) is 2. The van der Waals surface area contributed by atoms with Gasteiger partial charge in [0.05, 0.1) is 30.1 Å². The average molecular weight is 283 g/mol. The lowest BCUT2D eigenvalue weighted by atomic mass is 10.1. The molecule has 1 aromatic heterocycles. The van der Waals surface area contributed by atoms with Crippen LogP contribution in [0.15, 0.2) is 41.3 Å². The van der Waals surface area contributed by atoms with E-state index in [-0.39, 0.29) is 5.56 Å². The quantitative estimate of drug-likeness (QED) is 0.766. The summed E-state index contributed by atoms with van der Waals surface area (Å²) < 4.78 is 1.39. The van der Waals surface area contributed by atoms with E-state index in [1.807, 2.05) is 19.2 Å². The lowest BCUT2D eigenvalue weighted by molar-refractivity contribution is 0.639. The molecule has 0 spiro atoms. The fourth-order valence-corrected chi connectivity index (χ4v) is 1.84. The largest absolute Gasteiger partial charge is 0.382 e. The van der Waals surface area contributed by atoms with Crippen LogP contribution in [0.1, 0.15) is 11.1 Å². The first-order chi connectivity index (χ1) is 10.2. The Balaban J connectivity index is 2.06. The summed E-state index contributed by atoms with van der Waals surface area (Å²) in [6.07, 6.45) is 1.64. The molecule has 0 bridgehead atoms. The minimum absolute atomic E-state index is 0.159. The molecule has 0 radical (unpaired) electrons. The molecule has 2 N–H and O–H groups in total. The molecule has 0 aliphatic carbocycles. The second-order valence-corrected chi connectivity index (χ2v) is 4.58. The summed E-state index contributed by atoms with van der Waals surface area (Å²) in [5, 5.41) is 19.0. The Hall–Kier alpha value is -2.65. The van der Waals surface area contributed by atoms with Gasteiger partial charge in [-0.25, -0.2) is 4.68 Å². The number of anilines is 1. The number of hydrogen-bond donors (Lipinski definition) is 2. The first-order valence-electron chi connectivity index (χ1n) is 6.67. The van der Waals surface area contributed by atoms with Gasteiger partial charge in [0.25, 0.3) is 5.56 Å². The van der Waals surface area contributed by atoms with Gasteiger partial charge in [-0.2, -0.15) is 10.4 Å². The first-order valence-corrected chi connectivity index (χ1v) is 6.67. The van der Waals surface area contributed by atoms with Crippen molar-refractivity contribution in [3.63, 3.8) is 0 Å². The normalized spacial score (nSPS) is 10.1. The minimum Gasteiger partial charge on any atom is -0.382 e. The van der Waals surface area contributed by atoms with Gasteiger partial charge in [0.2, 0.25) is 0 Å². The van der Waals surface area contributed by atoms with Gasteiger partial charge in [-0.3, -0.25) is 4.79 Å². The third-order valence-electron chi connectivity index (χ3n) is 2.99. The van der Waals surface area contributed by atoms with E-state index in [2.05, 4.69) is 21.8 Å². The lowest BCUT2D eigenvalue weighted by Crippen LogP contribution is -2.24. The standard InChI is InChI=1S/C15H17N5O/c1-17-6-7-18-14-8-15(21)20(19-10-14)11-13-4-2-12(9-16)3-5-13/h2-5,8,10,17-18H,6-7,11H2,1H3.